The maximum Gasteiger partial charge on any atom is 0.226 e. The first kappa shape index (κ1) is 27.0. The summed E-state index contributed by atoms with van der Waals surface area (Å²) >= 11 is 0. The summed E-state index contributed by atoms with van der Waals surface area (Å²) in [6.45, 7) is 7.26. The topological polar surface area (TPSA) is 57.4 Å². The number of amides is 1. The number of H-pyrrole nitrogens is 1. The summed E-state index contributed by atoms with van der Waals surface area (Å²) in [7, 11) is 1.74. The molecule has 5 rings (SSSR count). The summed E-state index contributed by atoms with van der Waals surface area (Å²) < 4.78 is 5.65. The lowest BCUT2D eigenvalue weighted by molar-refractivity contribution is -0.118. The highest BCUT2D eigenvalue weighted by Crippen LogP contribution is 2.36. The third-order valence-corrected chi connectivity index (χ3v) is 8.07. The van der Waals surface area contributed by atoms with Crippen molar-refractivity contribution in [2.75, 3.05) is 32.1 Å². The van der Waals surface area contributed by atoms with Gasteiger partial charge < -0.3 is 19.9 Å². The minimum Gasteiger partial charge on any atom is -0.495 e. The van der Waals surface area contributed by atoms with E-state index in [1.807, 2.05) is 26.0 Å². The highest BCUT2D eigenvalue weighted by molar-refractivity contribution is 5.94. The molecule has 0 aliphatic carbocycles. The molecule has 204 valence electrons. The van der Waals surface area contributed by atoms with Crippen LogP contribution in [0.3, 0.4) is 0 Å². The van der Waals surface area contributed by atoms with Crippen molar-refractivity contribution in [1.29, 1.82) is 0 Å². The number of aromatic amines is 1. The van der Waals surface area contributed by atoms with E-state index in [-0.39, 0.29) is 11.8 Å². The van der Waals surface area contributed by atoms with E-state index in [2.05, 4.69) is 75.9 Å². The van der Waals surface area contributed by atoms with E-state index in [0.29, 0.717) is 5.92 Å². The van der Waals surface area contributed by atoms with Crippen molar-refractivity contribution >= 4 is 22.5 Å². The van der Waals surface area contributed by atoms with Gasteiger partial charge in [0.2, 0.25) is 5.91 Å². The molecule has 1 fully saturated rings. The van der Waals surface area contributed by atoms with E-state index in [0.717, 1.165) is 49.4 Å². The number of piperidine rings is 1. The van der Waals surface area contributed by atoms with Crippen LogP contribution in [0.1, 0.15) is 56.6 Å². The Bertz CT molecular complexity index is 1380. The summed E-state index contributed by atoms with van der Waals surface area (Å²) in [5, 5.41) is 4.31. The number of aryl methyl sites for hydroxylation is 1. The van der Waals surface area contributed by atoms with Crippen molar-refractivity contribution in [3.8, 4) is 17.0 Å². The Labute approximate surface area is 232 Å². The Morgan fingerprint density at radius 1 is 1.00 bits per heavy atom. The number of benzene rings is 3. The van der Waals surface area contributed by atoms with Crippen molar-refractivity contribution in [2.24, 2.45) is 5.92 Å². The molecule has 1 saturated heterocycles. The van der Waals surface area contributed by atoms with Gasteiger partial charge in [0.25, 0.3) is 0 Å². The molecule has 1 aromatic heterocycles. The van der Waals surface area contributed by atoms with Crippen LogP contribution in [0.25, 0.3) is 22.2 Å². The van der Waals surface area contributed by atoms with Gasteiger partial charge in [-0.1, -0.05) is 68.4 Å². The van der Waals surface area contributed by atoms with Crippen LogP contribution in [0.5, 0.6) is 5.75 Å². The van der Waals surface area contributed by atoms with Gasteiger partial charge in [-0.2, -0.15) is 0 Å². The third kappa shape index (κ3) is 6.36. The highest BCUT2D eigenvalue weighted by atomic mass is 16.5. The lowest BCUT2D eigenvalue weighted by atomic mass is 9.89. The summed E-state index contributed by atoms with van der Waals surface area (Å²) in [6.07, 6.45) is 5.72. The Kier molecular flexibility index (Phi) is 8.67. The van der Waals surface area contributed by atoms with Crippen LogP contribution in [0, 0.1) is 5.92 Å². The summed E-state index contributed by atoms with van der Waals surface area (Å²) in [6, 6.07) is 25.4. The zero-order valence-electron chi connectivity index (χ0n) is 23.5. The SMILES string of the molecule is COc1cccc2c(CCCCN3CCC(c4cccc(NC(=O)C(C)C)c4)CC3)c(-c3ccccc3)[nH]c12. The van der Waals surface area contributed by atoms with Gasteiger partial charge in [-0.15, -0.1) is 0 Å². The quantitative estimate of drug-likeness (QED) is 0.210. The summed E-state index contributed by atoms with van der Waals surface area (Å²) in [5.74, 6) is 1.52. The van der Waals surface area contributed by atoms with Gasteiger partial charge in [0.15, 0.2) is 0 Å². The molecule has 39 heavy (non-hydrogen) atoms. The smallest absolute Gasteiger partial charge is 0.226 e. The van der Waals surface area contributed by atoms with Gasteiger partial charge in [0.1, 0.15) is 5.75 Å². The molecule has 0 atom stereocenters. The number of hydrogen-bond donors (Lipinski definition) is 2. The maximum atomic E-state index is 12.1. The van der Waals surface area contributed by atoms with E-state index in [4.69, 9.17) is 4.74 Å². The Balaban J connectivity index is 1.16. The number of rotatable bonds is 10. The average molecular weight is 524 g/mol. The molecule has 1 aliphatic rings. The average Bonchev–Trinajstić information content (AvgIpc) is 3.35. The zero-order chi connectivity index (χ0) is 27.2. The second-order valence-corrected chi connectivity index (χ2v) is 11.1. The lowest BCUT2D eigenvalue weighted by Crippen LogP contribution is -2.33. The number of ether oxygens (including phenoxy) is 1. The fourth-order valence-electron chi connectivity index (χ4n) is 5.81. The van der Waals surface area contributed by atoms with Crippen LogP contribution in [-0.4, -0.2) is 42.5 Å². The molecule has 2 N–H and O–H groups in total. The number of nitrogens with zero attached hydrogens (tertiary/aromatic N) is 1. The normalized spacial score (nSPS) is 14.7. The maximum absolute atomic E-state index is 12.1. The predicted molar refractivity (Wildman–Crippen MR) is 162 cm³/mol. The molecule has 0 unspecified atom stereocenters. The van der Waals surface area contributed by atoms with Gasteiger partial charge in [-0.3, -0.25) is 4.79 Å². The minimum absolute atomic E-state index is 0.0133. The molecular formula is C34H41N3O2. The molecule has 1 amide bonds. The molecule has 5 nitrogen and oxygen atoms in total. The predicted octanol–water partition coefficient (Wildman–Crippen LogP) is 7.64. The van der Waals surface area contributed by atoms with Gasteiger partial charge >= 0.3 is 0 Å². The monoisotopic (exact) mass is 523 g/mol. The van der Waals surface area contributed by atoms with Crippen molar-refractivity contribution in [3.05, 3.63) is 83.9 Å². The van der Waals surface area contributed by atoms with E-state index in [9.17, 15) is 4.79 Å². The third-order valence-electron chi connectivity index (χ3n) is 8.07. The van der Waals surface area contributed by atoms with Crippen LogP contribution in [-0.2, 0) is 11.2 Å². The van der Waals surface area contributed by atoms with Crippen molar-refractivity contribution in [1.82, 2.24) is 9.88 Å². The fraction of sp³-hybridized carbons (Fsp3) is 0.382. The molecule has 0 radical (unpaired) electrons. The number of carbonyl (C=O) groups excluding carboxylic acids is 1. The largest absolute Gasteiger partial charge is 0.495 e. The highest BCUT2D eigenvalue weighted by Gasteiger charge is 2.21. The van der Waals surface area contributed by atoms with Gasteiger partial charge in [0, 0.05) is 22.7 Å². The summed E-state index contributed by atoms with van der Waals surface area (Å²) in [4.78, 5) is 18.4. The van der Waals surface area contributed by atoms with Gasteiger partial charge in [-0.05, 0) is 92.5 Å². The number of carbonyl (C=O) groups is 1. The Morgan fingerprint density at radius 3 is 2.51 bits per heavy atom. The Morgan fingerprint density at radius 2 is 1.77 bits per heavy atom. The van der Waals surface area contributed by atoms with Crippen molar-refractivity contribution in [2.45, 2.75) is 51.9 Å². The first-order valence-corrected chi connectivity index (χ1v) is 14.4. The van der Waals surface area contributed by atoms with E-state index in [1.54, 1.807) is 7.11 Å². The number of unbranched alkanes of at least 4 members (excludes halogenated alkanes) is 1. The van der Waals surface area contributed by atoms with Crippen molar-refractivity contribution < 1.29 is 9.53 Å². The molecule has 2 heterocycles. The fourth-order valence-corrected chi connectivity index (χ4v) is 5.81. The van der Waals surface area contributed by atoms with E-state index >= 15 is 0 Å². The van der Waals surface area contributed by atoms with E-state index in [1.165, 1.54) is 47.0 Å². The number of anilines is 1. The number of hydrogen-bond acceptors (Lipinski definition) is 3. The number of aromatic nitrogens is 1. The van der Waals surface area contributed by atoms with E-state index < -0.39 is 0 Å². The first-order chi connectivity index (χ1) is 19.0. The number of para-hydroxylation sites is 1. The molecule has 3 aromatic carbocycles. The second kappa shape index (κ2) is 12.5. The molecule has 0 saturated carbocycles. The molecule has 5 heteroatoms. The molecule has 0 bridgehead atoms. The zero-order valence-corrected chi connectivity index (χ0v) is 23.5. The minimum atomic E-state index is -0.0133. The van der Waals surface area contributed by atoms with Crippen LogP contribution in [0.15, 0.2) is 72.8 Å². The number of likely N-dealkylation sites (tertiary alicyclic amines) is 1. The standard InChI is InChI=1S/C34H41N3O2/c1-24(2)34(38)35-28-14-9-13-27(23-28)25-18-21-37(22-19-25)20-8-7-15-29-30-16-10-17-31(39-3)33(30)36-32(29)26-11-5-4-6-12-26/h4-6,9-14,16-17,23-25,36H,7-8,15,18-22H2,1-3H3,(H,35,38). The van der Waals surface area contributed by atoms with Crippen LogP contribution < -0.4 is 10.1 Å². The molecule has 0 spiro atoms. The molecule has 1 aliphatic heterocycles. The van der Waals surface area contributed by atoms with Crippen LogP contribution in [0.4, 0.5) is 5.69 Å². The lowest BCUT2D eigenvalue weighted by Gasteiger charge is -2.32. The number of fused-ring (bicyclic) bond motifs is 1. The van der Waals surface area contributed by atoms with Gasteiger partial charge in [-0.25, -0.2) is 0 Å². The second-order valence-electron chi connectivity index (χ2n) is 11.1. The number of nitrogens with one attached hydrogen (secondary N) is 2. The van der Waals surface area contributed by atoms with Gasteiger partial charge in [0.05, 0.1) is 12.6 Å². The summed E-state index contributed by atoms with van der Waals surface area (Å²) in [5.41, 5.74) is 7.17. The number of methoxy groups -OCH3 is 1. The van der Waals surface area contributed by atoms with Crippen LogP contribution >= 0.6 is 0 Å². The van der Waals surface area contributed by atoms with Crippen LogP contribution in [0.2, 0.25) is 0 Å². The molecular weight excluding hydrogens is 482 g/mol. The molecule has 4 aromatic rings. The Hall–Kier alpha value is -3.57. The van der Waals surface area contributed by atoms with Crippen molar-refractivity contribution in [3.63, 3.8) is 0 Å². The first-order valence-electron chi connectivity index (χ1n) is 14.4.